The summed E-state index contributed by atoms with van der Waals surface area (Å²) >= 11 is 5.93. The second-order valence-corrected chi connectivity index (χ2v) is 6.16. The van der Waals surface area contributed by atoms with Crippen molar-refractivity contribution >= 4 is 11.6 Å². The Morgan fingerprint density at radius 3 is 2.67 bits per heavy atom. The zero-order valence-electron chi connectivity index (χ0n) is 11.0. The molecule has 1 aromatic rings. The van der Waals surface area contributed by atoms with Gasteiger partial charge in [0.05, 0.1) is 0 Å². The number of benzene rings is 1. The van der Waals surface area contributed by atoms with Gasteiger partial charge in [-0.2, -0.15) is 0 Å². The van der Waals surface area contributed by atoms with Crippen LogP contribution in [0.1, 0.15) is 44.7 Å². The maximum Gasteiger partial charge on any atom is 0.128 e. The molecule has 18 heavy (non-hydrogen) atoms. The molecule has 4 atom stereocenters. The van der Waals surface area contributed by atoms with Crippen molar-refractivity contribution in [2.45, 2.75) is 39.2 Å². The Morgan fingerprint density at radius 2 is 2.00 bits per heavy atom. The molecule has 1 aromatic carbocycles. The fraction of sp³-hybridized carbons (Fsp3) is 0.600. The van der Waals surface area contributed by atoms with Crippen LogP contribution in [0.25, 0.3) is 0 Å². The van der Waals surface area contributed by atoms with Crippen LogP contribution in [0.3, 0.4) is 0 Å². The molecule has 0 amide bonds. The lowest BCUT2D eigenvalue weighted by Gasteiger charge is -2.35. The van der Waals surface area contributed by atoms with Crippen molar-refractivity contribution in [1.29, 1.82) is 0 Å². The van der Waals surface area contributed by atoms with Gasteiger partial charge in [-0.1, -0.05) is 31.9 Å². The van der Waals surface area contributed by atoms with Crippen molar-refractivity contribution in [2.24, 2.45) is 23.5 Å². The van der Waals surface area contributed by atoms with Crippen LogP contribution in [-0.4, -0.2) is 0 Å². The van der Waals surface area contributed by atoms with E-state index in [9.17, 15) is 4.39 Å². The van der Waals surface area contributed by atoms with Gasteiger partial charge in [0.15, 0.2) is 0 Å². The zero-order chi connectivity index (χ0) is 13.3. The highest BCUT2D eigenvalue weighted by molar-refractivity contribution is 6.30. The summed E-state index contributed by atoms with van der Waals surface area (Å²) in [6.45, 7) is 4.55. The molecule has 1 nitrogen and oxygen atoms in total. The van der Waals surface area contributed by atoms with Crippen LogP contribution in [-0.2, 0) is 0 Å². The monoisotopic (exact) mass is 269 g/mol. The van der Waals surface area contributed by atoms with E-state index >= 15 is 0 Å². The van der Waals surface area contributed by atoms with Gasteiger partial charge in [0.25, 0.3) is 0 Å². The second-order valence-electron chi connectivity index (χ2n) is 5.72. The Morgan fingerprint density at radius 1 is 1.28 bits per heavy atom. The molecule has 0 heterocycles. The van der Waals surface area contributed by atoms with E-state index in [1.165, 1.54) is 12.5 Å². The van der Waals surface area contributed by atoms with E-state index in [1.807, 2.05) is 0 Å². The van der Waals surface area contributed by atoms with Crippen LogP contribution in [0.2, 0.25) is 5.02 Å². The number of nitrogens with two attached hydrogens (primary N) is 1. The summed E-state index contributed by atoms with van der Waals surface area (Å²) in [4.78, 5) is 0. The lowest BCUT2D eigenvalue weighted by Crippen LogP contribution is -2.30. The minimum absolute atomic E-state index is 0.237. The maximum absolute atomic E-state index is 13.8. The van der Waals surface area contributed by atoms with Gasteiger partial charge in [-0.15, -0.1) is 0 Å². The van der Waals surface area contributed by atoms with E-state index in [4.69, 9.17) is 17.3 Å². The quantitative estimate of drug-likeness (QED) is 0.837. The van der Waals surface area contributed by atoms with Gasteiger partial charge < -0.3 is 5.73 Å². The van der Waals surface area contributed by atoms with Gasteiger partial charge in [0.1, 0.15) is 5.82 Å². The Labute approximate surface area is 114 Å². The first-order chi connectivity index (χ1) is 8.49. The van der Waals surface area contributed by atoms with Crippen LogP contribution in [0.5, 0.6) is 0 Å². The SMILES string of the molecule is CC1CCC(C(N)c2cc(Cl)ccc2F)CC1C. The fourth-order valence-corrected chi connectivity index (χ4v) is 3.12. The van der Waals surface area contributed by atoms with Gasteiger partial charge >= 0.3 is 0 Å². The summed E-state index contributed by atoms with van der Waals surface area (Å²) in [5.74, 6) is 1.54. The zero-order valence-corrected chi connectivity index (χ0v) is 11.8. The lowest BCUT2D eigenvalue weighted by atomic mass is 9.72. The molecule has 1 aliphatic rings. The van der Waals surface area contributed by atoms with Crippen molar-refractivity contribution in [2.75, 3.05) is 0 Å². The molecule has 2 rings (SSSR count). The summed E-state index contributed by atoms with van der Waals surface area (Å²) in [5, 5.41) is 0.555. The minimum atomic E-state index is -0.238. The van der Waals surface area contributed by atoms with E-state index < -0.39 is 0 Å². The number of halogens is 2. The predicted molar refractivity (Wildman–Crippen MR) is 74.0 cm³/mol. The molecule has 0 saturated heterocycles. The third-order valence-corrected chi connectivity index (χ3v) is 4.70. The smallest absolute Gasteiger partial charge is 0.128 e. The summed E-state index contributed by atoms with van der Waals surface area (Å²) in [6.07, 6.45) is 3.34. The second kappa shape index (κ2) is 5.58. The molecule has 1 saturated carbocycles. The molecule has 0 aliphatic heterocycles. The Balaban J connectivity index is 2.16. The summed E-state index contributed by atoms with van der Waals surface area (Å²) in [6, 6.07) is 4.41. The molecule has 2 N–H and O–H groups in total. The van der Waals surface area contributed by atoms with Crippen molar-refractivity contribution < 1.29 is 4.39 Å². The molecule has 0 bridgehead atoms. The minimum Gasteiger partial charge on any atom is -0.324 e. The first-order valence-electron chi connectivity index (χ1n) is 6.69. The molecule has 0 aromatic heterocycles. The summed E-state index contributed by atoms with van der Waals surface area (Å²) in [5.41, 5.74) is 6.81. The predicted octanol–water partition coefficient (Wildman–Crippen LogP) is 4.55. The molecule has 1 fully saturated rings. The Kier molecular flexibility index (Phi) is 4.29. The first-order valence-corrected chi connectivity index (χ1v) is 7.07. The van der Waals surface area contributed by atoms with E-state index in [2.05, 4.69) is 13.8 Å². The third-order valence-electron chi connectivity index (χ3n) is 4.46. The molecular weight excluding hydrogens is 249 g/mol. The average Bonchev–Trinajstić information content (AvgIpc) is 2.35. The summed E-state index contributed by atoms with van der Waals surface area (Å²) < 4.78 is 13.8. The van der Waals surface area contributed by atoms with Crippen molar-refractivity contribution in [3.8, 4) is 0 Å². The van der Waals surface area contributed by atoms with E-state index in [1.54, 1.807) is 12.1 Å². The molecular formula is C15H21ClFN. The van der Waals surface area contributed by atoms with E-state index in [0.29, 0.717) is 22.4 Å². The van der Waals surface area contributed by atoms with Gasteiger partial charge in [-0.05, 0) is 48.8 Å². The van der Waals surface area contributed by atoms with Crippen molar-refractivity contribution in [1.82, 2.24) is 0 Å². The molecule has 3 heteroatoms. The van der Waals surface area contributed by atoms with Crippen molar-refractivity contribution in [3.05, 3.63) is 34.6 Å². The van der Waals surface area contributed by atoms with Crippen LogP contribution in [0.4, 0.5) is 4.39 Å². The van der Waals surface area contributed by atoms with Crippen LogP contribution < -0.4 is 5.73 Å². The standard InChI is InChI=1S/C15H21ClFN/c1-9-3-4-11(7-10(9)2)15(18)13-8-12(16)5-6-14(13)17/h5-6,8-11,15H,3-4,7,18H2,1-2H3. The summed E-state index contributed by atoms with van der Waals surface area (Å²) in [7, 11) is 0. The number of rotatable bonds is 2. The van der Waals surface area contributed by atoms with Crippen LogP contribution >= 0.6 is 11.6 Å². The maximum atomic E-state index is 13.8. The largest absolute Gasteiger partial charge is 0.324 e. The molecule has 0 radical (unpaired) electrons. The molecule has 100 valence electrons. The highest BCUT2D eigenvalue weighted by atomic mass is 35.5. The lowest BCUT2D eigenvalue weighted by molar-refractivity contribution is 0.184. The average molecular weight is 270 g/mol. The normalized spacial score (nSPS) is 30.2. The Bertz CT molecular complexity index is 421. The highest BCUT2D eigenvalue weighted by Gasteiger charge is 2.30. The highest BCUT2D eigenvalue weighted by Crippen LogP contribution is 2.39. The van der Waals surface area contributed by atoms with Crippen LogP contribution in [0, 0.1) is 23.6 Å². The molecule has 0 spiro atoms. The van der Waals surface area contributed by atoms with Crippen molar-refractivity contribution in [3.63, 3.8) is 0 Å². The molecule has 1 aliphatic carbocycles. The number of hydrogen-bond acceptors (Lipinski definition) is 1. The van der Waals surface area contributed by atoms with Crippen LogP contribution in [0.15, 0.2) is 18.2 Å². The van der Waals surface area contributed by atoms with Gasteiger partial charge in [0, 0.05) is 16.6 Å². The van der Waals surface area contributed by atoms with Gasteiger partial charge in [-0.25, -0.2) is 4.39 Å². The van der Waals surface area contributed by atoms with Gasteiger partial charge in [0.2, 0.25) is 0 Å². The van der Waals surface area contributed by atoms with E-state index in [-0.39, 0.29) is 11.9 Å². The third kappa shape index (κ3) is 2.86. The first kappa shape index (κ1) is 13.8. The molecule has 4 unspecified atom stereocenters. The number of hydrogen-bond donors (Lipinski definition) is 1. The van der Waals surface area contributed by atoms with E-state index in [0.717, 1.165) is 18.8 Å². The topological polar surface area (TPSA) is 26.0 Å². The van der Waals surface area contributed by atoms with Gasteiger partial charge in [-0.3, -0.25) is 0 Å². The Hall–Kier alpha value is -0.600. The fourth-order valence-electron chi connectivity index (χ4n) is 2.94.